The lowest BCUT2D eigenvalue weighted by molar-refractivity contribution is 0.447. The molecule has 1 aromatic carbocycles. The Balaban J connectivity index is 2.61. The Hall–Kier alpha value is -2.10. The van der Waals surface area contributed by atoms with Crippen LogP contribution in [-0.4, -0.2) is 15.1 Å². The smallest absolute Gasteiger partial charge is 0.257 e. The van der Waals surface area contributed by atoms with Crippen molar-refractivity contribution in [2.45, 2.75) is 13.8 Å². The van der Waals surface area contributed by atoms with Crippen LogP contribution in [0.4, 0.5) is 0 Å². The monoisotopic (exact) mass is 216 g/mol. The standard InChI is InChI=1S/C12H12N2O2/c1-7-4-3-5-9(6-7)10-13-11(15)8(2)12(16)14-10/h3-6H,1-2H3,(H2,13,14,15,16). The molecular formula is C12H12N2O2. The molecule has 0 atom stereocenters. The lowest BCUT2D eigenvalue weighted by Gasteiger charge is -2.03. The summed E-state index contributed by atoms with van der Waals surface area (Å²) in [5.41, 5.74) is 1.77. The van der Waals surface area contributed by atoms with Crippen LogP contribution in [-0.2, 0) is 0 Å². The van der Waals surface area contributed by atoms with Crippen LogP contribution in [0.15, 0.2) is 29.1 Å². The number of nitrogens with one attached hydrogen (secondary N) is 1. The van der Waals surface area contributed by atoms with E-state index in [1.807, 2.05) is 31.2 Å². The van der Waals surface area contributed by atoms with Crippen molar-refractivity contribution >= 4 is 0 Å². The summed E-state index contributed by atoms with van der Waals surface area (Å²) >= 11 is 0. The van der Waals surface area contributed by atoms with Crippen molar-refractivity contribution in [2.24, 2.45) is 0 Å². The van der Waals surface area contributed by atoms with Gasteiger partial charge in [0, 0.05) is 5.56 Å². The first-order chi connectivity index (χ1) is 7.58. The third-order valence-corrected chi connectivity index (χ3v) is 2.42. The van der Waals surface area contributed by atoms with Gasteiger partial charge in [-0.1, -0.05) is 23.8 Å². The summed E-state index contributed by atoms with van der Waals surface area (Å²) in [6, 6.07) is 7.56. The predicted molar refractivity (Wildman–Crippen MR) is 61.4 cm³/mol. The van der Waals surface area contributed by atoms with Crippen LogP contribution in [0.2, 0.25) is 0 Å². The lowest BCUT2D eigenvalue weighted by Crippen LogP contribution is -2.12. The van der Waals surface area contributed by atoms with Crippen LogP contribution < -0.4 is 5.56 Å². The van der Waals surface area contributed by atoms with Crippen molar-refractivity contribution in [2.75, 3.05) is 0 Å². The molecule has 4 heteroatoms. The molecule has 0 spiro atoms. The number of rotatable bonds is 1. The molecule has 0 saturated carbocycles. The highest BCUT2D eigenvalue weighted by Gasteiger charge is 2.07. The zero-order valence-electron chi connectivity index (χ0n) is 9.11. The Bertz CT molecular complexity index is 588. The molecule has 16 heavy (non-hydrogen) atoms. The Labute approximate surface area is 92.6 Å². The van der Waals surface area contributed by atoms with Gasteiger partial charge in [-0.25, -0.2) is 0 Å². The number of benzene rings is 1. The van der Waals surface area contributed by atoms with Crippen molar-refractivity contribution < 1.29 is 5.11 Å². The molecule has 2 rings (SSSR count). The number of hydrogen-bond donors (Lipinski definition) is 2. The Kier molecular flexibility index (Phi) is 2.48. The van der Waals surface area contributed by atoms with Crippen LogP contribution >= 0.6 is 0 Å². The molecule has 0 aliphatic carbocycles. The molecule has 0 aliphatic heterocycles. The maximum absolute atomic E-state index is 11.5. The Morgan fingerprint density at radius 3 is 2.69 bits per heavy atom. The Morgan fingerprint density at radius 1 is 1.31 bits per heavy atom. The lowest BCUT2D eigenvalue weighted by atomic mass is 10.1. The highest BCUT2D eigenvalue weighted by atomic mass is 16.3. The zero-order chi connectivity index (χ0) is 11.7. The molecule has 2 aromatic rings. The van der Waals surface area contributed by atoms with E-state index in [-0.39, 0.29) is 17.0 Å². The summed E-state index contributed by atoms with van der Waals surface area (Å²) in [5, 5.41) is 9.48. The quantitative estimate of drug-likeness (QED) is 0.763. The molecule has 0 saturated heterocycles. The summed E-state index contributed by atoms with van der Waals surface area (Å²) in [6.45, 7) is 3.48. The number of hydrogen-bond acceptors (Lipinski definition) is 3. The molecule has 2 N–H and O–H groups in total. The van der Waals surface area contributed by atoms with E-state index in [1.54, 1.807) is 0 Å². The molecule has 1 heterocycles. The molecule has 0 bridgehead atoms. The molecule has 0 amide bonds. The van der Waals surface area contributed by atoms with E-state index in [9.17, 15) is 9.90 Å². The summed E-state index contributed by atoms with van der Waals surface area (Å²) in [5.74, 6) is 0.164. The van der Waals surface area contributed by atoms with Gasteiger partial charge in [0.1, 0.15) is 5.82 Å². The molecule has 0 unspecified atom stereocenters. The fraction of sp³-hybridized carbons (Fsp3) is 0.167. The van der Waals surface area contributed by atoms with Gasteiger partial charge in [-0.2, -0.15) is 4.98 Å². The van der Waals surface area contributed by atoms with E-state index in [1.165, 1.54) is 6.92 Å². The highest BCUT2D eigenvalue weighted by molar-refractivity contribution is 5.56. The fourth-order valence-corrected chi connectivity index (χ4v) is 1.45. The van der Waals surface area contributed by atoms with E-state index < -0.39 is 0 Å². The minimum atomic E-state index is -0.316. The van der Waals surface area contributed by atoms with Gasteiger partial charge in [-0.05, 0) is 19.9 Å². The molecular weight excluding hydrogens is 204 g/mol. The number of aromatic amines is 1. The van der Waals surface area contributed by atoms with Crippen LogP contribution in [0, 0.1) is 13.8 Å². The predicted octanol–water partition coefficient (Wildman–Crippen LogP) is 1.76. The van der Waals surface area contributed by atoms with Crippen molar-refractivity contribution in [1.82, 2.24) is 9.97 Å². The minimum absolute atomic E-state index is 0.222. The van der Waals surface area contributed by atoms with Gasteiger partial charge in [0.15, 0.2) is 0 Å². The fourth-order valence-electron chi connectivity index (χ4n) is 1.45. The second-order valence-electron chi connectivity index (χ2n) is 3.73. The first-order valence-corrected chi connectivity index (χ1v) is 4.95. The molecule has 0 aliphatic rings. The summed E-state index contributed by atoms with van der Waals surface area (Å²) in [4.78, 5) is 18.0. The van der Waals surface area contributed by atoms with Gasteiger partial charge in [0.2, 0.25) is 5.88 Å². The first-order valence-electron chi connectivity index (χ1n) is 4.95. The maximum atomic E-state index is 11.5. The van der Waals surface area contributed by atoms with Crippen LogP contribution in [0.1, 0.15) is 11.1 Å². The maximum Gasteiger partial charge on any atom is 0.257 e. The van der Waals surface area contributed by atoms with Crippen molar-refractivity contribution in [3.05, 3.63) is 45.7 Å². The zero-order valence-corrected chi connectivity index (χ0v) is 9.11. The summed E-state index contributed by atoms with van der Waals surface area (Å²) < 4.78 is 0. The third-order valence-electron chi connectivity index (χ3n) is 2.42. The molecule has 82 valence electrons. The number of nitrogens with zero attached hydrogens (tertiary/aromatic N) is 1. The molecule has 0 radical (unpaired) electrons. The van der Waals surface area contributed by atoms with Crippen molar-refractivity contribution in [1.29, 1.82) is 0 Å². The van der Waals surface area contributed by atoms with Crippen LogP contribution in [0.5, 0.6) is 5.88 Å². The average Bonchev–Trinajstić information content (AvgIpc) is 2.25. The van der Waals surface area contributed by atoms with Gasteiger partial charge in [-0.15, -0.1) is 0 Å². The van der Waals surface area contributed by atoms with E-state index in [0.717, 1.165) is 11.1 Å². The first kappa shape index (κ1) is 10.4. The minimum Gasteiger partial charge on any atom is -0.493 e. The van der Waals surface area contributed by atoms with Gasteiger partial charge < -0.3 is 10.1 Å². The normalized spacial score (nSPS) is 10.4. The second kappa shape index (κ2) is 3.81. The Morgan fingerprint density at radius 2 is 2.06 bits per heavy atom. The topological polar surface area (TPSA) is 66.0 Å². The van der Waals surface area contributed by atoms with Crippen LogP contribution in [0.25, 0.3) is 11.4 Å². The molecule has 4 nitrogen and oxygen atoms in total. The van der Waals surface area contributed by atoms with Gasteiger partial charge in [0.25, 0.3) is 5.56 Å². The van der Waals surface area contributed by atoms with E-state index in [0.29, 0.717) is 5.82 Å². The number of aromatic hydroxyl groups is 1. The third kappa shape index (κ3) is 1.82. The SMILES string of the molecule is Cc1cccc(-c2nc(O)c(C)c(=O)[nH]2)c1. The highest BCUT2D eigenvalue weighted by Crippen LogP contribution is 2.17. The van der Waals surface area contributed by atoms with E-state index in [4.69, 9.17) is 0 Å². The van der Waals surface area contributed by atoms with Crippen molar-refractivity contribution in [3.63, 3.8) is 0 Å². The number of aromatic nitrogens is 2. The van der Waals surface area contributed by atoms with Gasteiger partial charge in [-0.3, -0.25) is 4.79 Å². The molecule has 0 fully saturated rings. The van der Waals surface area contributed by atoms with Gasteiger partial charge in [0.05, 0.1) is 5.56 Å². The average molecular weight is 216 g/mol. The summed E-state index contributed by atoms with van der Waals surface area (Å²) in [6.07, 6.45) is 0. The van der Waals surface area contributed by atoms with Gasteiger partial charge >= 0.3 is 0 Å². The van der Waals surface area contributed by atoms with Crippen LogP contribution in [0.3, 0.4) is 0 Å². The van der Waals surface area contributed by atoms with Crippen molar-refractivity contribution in [3.8, 4) is 17.3 Å². The number of aryl methyl sites for hydroxylation is 1. The van der Waals surface area contributed by atoms with E-state index in [2.05, 4.69) is 9.97 Å². The summed E-state index contributed by atoms with van der Waals surface area (Å²) in [7, 11) is 0. The number of H-pyrrole nitrogens is 1. The second-order valence-corrected chi connectivity index (χ2v) is 3.73. The van der Waals surface area contributed by atoms with E-state index >= 15 is 0 Å². The molecule has 1 aromatic heterocycles. The largest absolute Gasteiger partial charge is 0.493 e.